The first kappa shape index (κ1) is 19.6. The van der Waals surface area contributed by atoms with Gasteiger partial charge in [-0.1, -0.05) is 45.0 Å². The highest BCUT2D eigenvalue weighted by Gasteiger charge is 2.27. The summed E-state index contributed by atoms with van der Waals surface area (Å²) in [7, 11) is 0. The Bertz CT molecular complexity index is 1080. The second-order valence-corrected chi connectivity index (χ2v) is 8.74. The van der Waals surface area contributed by atoms with Crippen LogP contribution in [0.5, 0.6) is 11.5 Å². The van der Waals surface area contributed by atoms with Crippen molar-refractivity contribution in [2.75, 3.05) is 13.2 Å². The largest absolute Gasteiger partial charge is 0.490 e. The lowest BCUT2D eigenvalue weighted by atomic mass is 9.85. The summed E-state index contributed by atoms with van der Waals surface area (Å²) in [6.07, 6.45) is 2.48. The predicted molar refractivity (Wildman–Crippen MR) is 116 cm³/mol. The molecule has 0 N–H and O–H groups in total. The first-order chi connectivity index (χ1) is 13.9. The Morgan fingerprint density at radius 2 is 1.72 bits per heavy atom. The van der Waals surface area contributed by atoms with Gasteiger partial charge in [0.25, 0.3) is 0 Å². The molecule has 1 heterocycles. The minimum absolute atomic E-state index is 0.302. The zero-order chi connectivity index (χ0) is 20.6. The van der Waals surface area contributed by atoms with E-state index in [0.717, 1.165) is 34.6 Å². The normalized spacial score (nSPS) is 14.2. The van der Waals surface area contributed by atoms with Crippen LogP contribution in [0.15, 0.2) is 51.7 Å². The van der Waals surface area contributed by atoms with Crippen LogP contribution in [-0.2, 0) is 5.41 Å². The maximum absolute atomic E-state index is 12.6. The fourth-order valence-electron chi connectivity index (χ4n) is 3.56. The molecule has 0 aliphatic heterocycles. The molecule has 0 unspecified atom stereocenters. The van der Waals surface area contributed by atoms with Gasteiger partial charge in [-0.05, 0) is 49.4 Å². The van der Waals surface area contributed by atoms with Crippen molar-refractivity contribution >= 4 is 10.8 Å². The molecule has 29 heavy (non-hydrogen) atoms. The summed E-state index contributed by atoms with van der Waals surface area (Å²) in [6.45, 7) is 9.42. The van der Waals surface area contributed by atoms with Crippen LogP contribution >= 0.6 is 0 Å². The minimum atomic E-state index is -0.328. The van der Waals surface area contributed by atoms with E-state index in [1.54, 1.807) is 0 Å². The number of rotatable bonds is 6. The zero-order valence-corrected chi connectivity index (χ0v) is 17.6. The Morgan fingerprint density at radius 1 is 1.00 bits per heavy atom. The molecule has 2 aromatic carbocycles. The van der Waals surface area contributed by atoms with Gasteiger partial charge in [0.1, 0.15) is 5.76 Å². The van der Waals surface area contributed by atoms with Gasteiger partial charge >= 0.3 is 5.63 Å². The molecule has 4 rings (SSSR count). The van der Waals surface area contributed by atoms with E-state index in [1.807, 2.05) is 49.4 Å². The third kappa shape index (κ3) is 4.02. The van der Waals surface area contributed by atoms with Gasteiger partial charge in [-0.15, -0.1) is 0 Å². The molecule has 0 bridgehead atoms. The predicted octanol–water partition coefficient (Wildman–Crippen LogP) is 5.95. The van der Waals surface area contributed by atoms with Crippen molar-refractivity contribution in [3.63, 3.8) is 0 Å². The smallest absolute Gasteiger partial charge is 0.343 e. The van der Waals surface area contributed by atoms with E-state index in [9.17, 15) is 4.79 Å². The molecule has 1 aliphatic rings. The number of fused-ring (bicyclic) bond motifs is 1. The van der Waals surface area contributed by atoms with E-state index in [0.29, 0.717) is 23.7 Å². The second-order valence-electron chi connectivity index (χ2n) is 8.74. The lowest BCUT2D eigenvalue weighted by molar-refractivity contribution is 0.267. The zero-order valence-electron chi connectivity index (χ0n) is 17.6. The molecule has 0 atom stereocenters. The van der Waals surface area contributed by atoms with Crippen LogP contribution in [0.2, 0.25) is 0 Å². The molecule has 0 saturated heterocycles. The molecule has 0 radical (unpaired) electrons. The average Bonchev–Trinajstić information content (AvgIpc) is 3.51. The SMILES string of the molecule is CCOc1cc(-c2c(C(C)(C)C)oc(=O)c3ccccc23)ccc1OCC1CC1. The second kappa shape index (κ2) is 7.58. The molecule has 4 heteroatoms. The van der Waals surface area contributed by atoms with Crippen LogP contribution in [0.3, 0.4) is 0 Å². The van der Waals surface area contributed by atoms with E-state index in [2.05, 4.69) is 20.8 Å². The number of hydrogen-bond acceptors (Lipinski definition) is 4. The Balaban J connectivity index is 1.90. The molecular weight excluding hydrogens is 364 g/mol. The fraction of sp³-hybridized carbons (Fsp3) is 0.400. The topological polar surface area (TPSA) is 48.7 Å². The summed E-state index contributed by atoms with van der Waals surface area (Å²) in [5.74, 6) is 2.83. The molecule has 3 aromatic rings. The van der Waals surface area contributed by atoms with Crippen molar-refractivity contribution in [3.8, 4) is 22.6 Å². The van der Waals surface area contributed by atoms with Gasteiger partial charge in [-0.3, -0.25) is 0 Å². The molecule has 1 aliphatic carbocycles. The minimum Gasteiger partial charge on any atom is -0.490 e. The molecule has 0 amide bonds. The standard InChI is InChI=1S/C25H28O4/c1-5-27-21-14-17(12-13-20(21)28-15-16-10-11-16)22-18-8-6-7-9-19(18)24(26)29-23(22)25(2,3)4/h6-9,12-14,16H,5,10-11,15H2,1-4H3. The van der Waals surface area contributed by atoms with Gasteiger partial charge in [-0.2, -0.15) is 0 Å². The lowest BCUT2D eigenvalue weighted by Crippen LogP contribution is -2.17. The monoisotopic (exact) mass is 392 g/mol. The van der Waals surface area contributed by atoms with Crippen LogP contribution in [0, 0.1) is 5.92 Å². The van der Waals surface area contributed by atoms with E-state index in [4.69, 9.17) is 13.9 Å². The Kier molecular flexibility index (Phi) is 5.12. The van der Waals surface area contributed by atoms with Crippen molar-refractivity contribution < 1.29 is 13.9 Å². The summed E-state index contributed by atoms with van der Waals surface area (Å²) in [5, 5.41) is 1.48. The molecule has 152 valence electrons. The van der Waals surface area contributed by atoms with E-state index < -0.39 is 0 Å². The van der Waals surface area contributed by atoms with E-state index >= 15 is 0 Å². The van der Waals surface area contributed by atoms with Crippen molar-refractivity contribution in [3.05, 3.63) is 58.6 Å². The van der Waals surface area contributed by atoms with Crippen LogP contribution < -0.4 is 15.1 Å². The van der Waals surface area contributed by atoms with Crippen LogP contribution in [-0.4, -0.2) is 13.2 Å². The molecule has 4 nitrogen and oxygen atoms in total. The molecule has 1 aromatic heterocycles. The summed E-state index contributed by atoms with van der Waals surface area (Å²) in [4.78, 5) is 12.6. The van der Waals surface area contributed by atoms with Crippen LogP contribution in [0.1, 0.15) is 46.3 Å². The highest BCUT2D eigenvalue weighted by atomic mass is 16.5. The first-order valence-corrected chi connectivity index (χ1v) is 10.3. The number of benzene rings is 2. The van der Waals surface area contributed by atoms with Gasteiger partial charge < -0.3 is 13.9 Å². The summed E-state index contributed by atoms with van der Waals surface area (Å²) in [5.41, 5.74) is 1.26. The molecular formula is C25H28O4. The van der Waals surface area contributed by atoms with E-state index in [1.165, 1.54) is 12.8 Å². The Hall–Kier alpha value is -2.75. The number of ether oxygens (including phenoxy) is 2. The van der Waals surface area contributed by atoms with Crippen LogP contribution in [0.25, 0.3) is 21.9 Å². The van der Waals surface area contributed by atoms with Crippen LogP contribution in [0.4, 0.5) is 0 Å². The highest BCUT2D eigenvalue weighted by Crippen LogP contribution is 2.41. The molecule has 1 fully saturated rings. The third-order valence-corrected chi connectivity index (χ3v) is 5.22. The summed E-state index contributed by atoms with van der Waals surface area (Å²) in [6, 6.07) is 13.6. The first-order valence-electron chi connectivity index (χ1n) is 10.3. The van der Waals surface area contributed by atoms with Gasteiger partial charge in [0.15, 0.2) is 11.5 Å². The summed E-state index contributed by atoms with van der Waals surface area (Å²) >= 11 is 0. The quantitative estimate of drug-likeness (QED) is 0.520. The fourth-order valence-corrected chi connectivity index (χ4v) is 3.56. The summed E-state index contributed by atoms with van der Waals surface area (Å²) < 4.78 is 17.7. The number of hydrogen-bond donors (Lipinski definition) is 0. The lowest BCUT2D eigenvalue weighted by Gasteiger charge is -2.22. The van der Waals surface area contributed by atoms with Crippen molar-refractivity contribution in [2.24, 2.45) is 5.92 Å². The van der Waals surface area contributed by atoms with Crippen molar-refractivity contribution in [1.82, 2.24) is 0 Å². The third-order valence-electron chi connectivity index (χ3n) is 5.22. The van der Waals surface area contributed by atoms with Gasteiger partial charge in [0.05, 0.1) is 18.6 Å². The Morgan fingerprint density at radius 3 is 2.38 bits per heavy atom. The highest BCUT2D eigenvalue weighted by molar-refractivity contribution is 5.97. The van der Waals surface area contributed by atoms with Gasteiger partial charge in [0, 0.05) is 16.4 Å². The maximum atomic E-state index is 12.6. The van der Waals surface area contributed by atoms with Crippen molar-refractivity contribution in [1.29, 1.82) is 0 Å². The van der Waals surface area contributed by atoms with Crippen molar-refractivity contribution in [2.45, 2.75) is 46.0 Å². The maximum Gasteiger partial charge on any atom is 0.343 e. The van der Waals surface area contributed by atoms with E-state index in [-0.39, 0.29) is 11.0 Å². The molecule has 0 spiro atoms. The Labute approximate surface area is 171 Å². The molecule has 1 saturated carbocycles. The van der Waals surface area contributed by atoms with Gasteiger partial charge in [-0.25, -0.2) is 4.79 Å². The average molecular weight is 392 g/mol. The van der Waals surface area contributed by atoms with Gasteiger partial charge in [0.2, 0.25) is 0 Å².